The minimum Gasteiger partial charge on any atom is -0.305 e. The number of rotatable bonds is 2. The Morgan fingerprint density at radius 2 is 2.40 bits per heavy atom. The van der Waals surface area contributed by atoms with Crippen molar-refractivity contribution in [2.45, 2.75) is 6.92 Å². The Labute approximate surface area is 32.1 Å². The number of nitrogens with one attached hydrogen (secondary N) is 1. The Hall–Kier alpha value is -0.0800. The van der Waals surface area contributed by atoms with Crippen molar-refractivity contribution in [2.75, 3.05) is 7.11 Å². The highest BCUT2D eigenvalue weighted by Crippen LogP contribution is 1.56. The molecule has 0 aliphatic rings. The molecule has 0 saturated carbocycles. The van der Waals surface area contributed by atoms with E-state index in [1.54, 1.807) is 13.7 Å². The molecular weight excluding hydrogens is 66.0 g/mol. The fourth-order valence-electron chi connectivity index (χ4n) is 0.118. The monoisotopic (exact) mass is 74.1 g/mol. The smallest absolute Gasteiger partial charge is 0.0572 e. The van der Waals surface area contributed by atoms with Gasteiger partial charge in [0.25, 0.3) is 0 Å². The summed E-state index contributed by atoms with van der Waals surface area (Å²) in [6.07, 6.45) is 0. The van der Waals surface area contributed by atoms with Gasteiger partial charge in [0.2, 0.25) is 0 Å². The van der Waals surface area contributed by atoms with Crippen LogP contribution in [0.1, 0.15) is 6.92 Å². The summed E-state index contributed by atoms with van der Waals surface area (Å²) < 4.78 is 0. The van der Waals surface area contributed by atoms with Crippen LogP contribution in [0, 0.1) is 6.54 Å². The van der Waals surface area contributed by atoms with E-state index < -0.39 is 0 Å². The van der Waals surface area contributed by atoms with E-state index in [2.05, 4.69) is 10.3 Å². The molecule has 5 heavy (non-hydrogen) atoms. The molecule has 0 amide bonds. The summed E-state index contributed by atoms with van der Waals surface area (Å²) in [6.45, 7) is 3.56. The van der Waals surface area contributed by atoms with Crippen LogP contribution < -0.4 is 5.48 Å². The van der Waals surface area contributed by atoms with Crippen molar-refractivity contribution in [3.63, 3.8) is 0 Å². The van der Waals surface area contributed by atoms with Crippen molar-refractivity contribution in [3.05, 3.63) is 6.54 Å². The maximum Gasteiger partial charge on any atom is 0.0572 e. The second-order valence-electron chi connectivity index (χ2n) is 0.611. The first-order valence-electron chi connectivity index (χ1n) is 1.48. The van der Waals surface area contributed by atoms with Crippen molar-refractivity contribution >= 4 is 0 Å². The lowest BCUT2D eigenvalue weighted by molar-refractivity contribution is 0.115. The lowest BCUT2D eigenvalue weighted by atomic mass is 10.8. The fraction of sp³-hybridized carbons (Fsp3) is 0.667. The van der Waals surface area contributed by atoms with Crippen LogP contribution in [0.5, 0.6) is 0 Å². The summed E-state index contributed by atoms with van der Waals surface area (Å²) in [6, 6.07) is 0. The average molecular weight is 74.1 g/mol. The molecule has 0 aromatic carbocycles. The molecule has 0 aromatic rings. The molecule has 2 nitrogen and oxygen atoms in total. The molecule has 0 saturated heterocycles. The van der Waals surface area contributed by atoms with Gasteiger partial charge in [-0.25, -0.2) is 0 Å². The fourth-order valence-corrected chi connectivity index (χ4v) is 0.118. The zero-order chi connectivity index (χ0) is 4.12. The molecule has 0 heterocycles. The first kappa shape index (κ1) is 4.92. The normalized spacial score (nSPS) is 8.40. The molecule has 0 fully saturated rings. The van der Waals surface area contributed by atoms with Crippen LogP contribution in [0.15, 0.2) is 0 Å². The topological polar surface area (TPSA) is 21.3 Å². The molecule has 0 aromatic heterocycles. The Kier molecular flexibility index (Phi) is 3.86. The summed E-state index contributed by atoms with van der Waals surface area (Å²) >= 11 is 0. The number of hydrogen-bond acceptors (Lipinski definition) is 2. The van der Waals surface area contributed by atoms with Crippen LogP contribution >= 0.6 is 0 Å². The van der Waals surface area contributed by atoms with E-state index in [-0.39, 0.29) is 0 Å². The largest absolute Gasteiger partial charge is 0.305 e. The molecule has 2 heteroatoms. The average Bonchev–Trinajstić information content (AvgIpc) is 1.41. The highest BCUT2D eigenvalue weighted by Gasteiger charge is 1.62. The lowest BCUT2D eigenvalue weighted by Gasteiger charge is -1.87. The highest BCUT2D eigenvalue weighted by molar-refractivity contribution is 4.35. The first-order valence-corrected chi connectivity index (χ1v) is 1.48. The van der Waals surface area contributed by atoms with E-state index in [1.165, 1.54) is 0 Å². The van der Waals surface area contributed by atoms with Crippen LogP contribution in [-0.4, -0.2) is 7.11 Å². The summed E-state index contributed by atoms with van der Waals surface area (Å²) in [5.41, 5.74) is 2.49. The van der Waals surface area contributed by atoms with E-state index in [0.717, 1.165) is 0 Å². The van der Waals surface area contributed by atoms with Crippen molar-refractivity contribution in [1.82, 2.24) is 5.48 Å². The van der Waals surface area contributed by atoms with E-state index >= 15 is 0 Å². The van der Waals surface area contributed by atoms with Gasteiger partial charge in [0.1, 0.15) is 0 Å². The Morgan fingerprint density at radius 3 is 2.40 bits per heavy atom. The van der Waals surface area contributed by atoms with Crippen LogP contribution in [0.4, 0.5) is 0 Å². The SMILES string of the molecule is C[CH]NOC. The molecule has 0 unspecified atom stereocenters. The Balaban J connectivity index is 2.19. The third-order valence-corrected chi connectivity index (χ3v) is 0.236. The summed E-state index contributed by atoms with van der Waals surface area (Å²) in [5, 5.41) is 0. The van der Waals surface area contributed by atoms with Gasteiger partial charge in [-0.3, -0.25) is 0 Å². The summed E-state index contributed by atoms with van der Waals surface area (Å²) in [4.78, 5) is 4.39. The van der Waals surface area contributed by atoms with Gasteiger partial charge >= 0.3 is 0 Å². The standard InChI is InChI=1S/C3H8NO/c1-3-4-5-2/h3-4H,1-2H3. The van der Waals surface area contributed by atoms with Crippen LogP contribution in [0.2, 0.25) is 0 Å². The van der Waals surface area contributed by atoms with Crippen LogP contribution in [-0.2, 0) is 4.84 Å². The Morgan fingerprint density at radius 1 is 1.80 bits per heavy atom. The van der Waals surface area contributed by atoms with Crippen molar-refractivity contribution in [3.8, 4) is 0 Å². The van der Waals surface area contributed by atoms with Gasteiger partial charge in [-0.15, -0.1) is 0 Å². The molecule has 0 bridgehead atoms. The van der Waals surface area contributed by atoms with Crippen LogP contribution in [0.3, 0.4) is 0 Å². The maximum absolute atomic E-state index is 4.39. The van der Waals surface area contributed by atoms with Gasteiger partial charge in [0.15, 0.2) is 0 Å². The van der Waals surface area contributed by atoms with Gasteiger partial charge in [-0.05, 0) is 6.92 Å². The molecule has 0 spiro atoms. The zero-order valence-corrected chi connectivity index (χ0v) is 3.49. The first-order chi connectivity index (χ1) is 2.41. The second kappa shape index (κ2) is 3.92. The third-order valence-electron chi connectivity index (χ3n) is 0.236. The second-order valence-corrected chi connectivity index (χ2v) is 0.611. The molecule has 0 rings (SSSR count). The van der Waals surface area contributed by atoms with Crippen LogP contribution in [0.25, 0.3) is 0 Å². The molecular formula is C3H8NO. The third kappa shape index (κ3) is 3.92. The predicted octanol–water partition coefficient (Wildman–Crippen LogP) is 0.319. The van der Waals surface area contributed by atoms with E-state index in [0.29, 0.717) is 0 Å². The van der Waals surface area contributed by atoms with Crippen molar-refractivity contribution in [2.24, 2.45) is 0 Å². The Bertz CT molecular complexity index is 14.4. The lowest BCUT2D eigenvalue weighted by Crippen LogP contribution is -2.03. The van der Waals surface area contributed by atoms with Gasteiger partial charge in [0, 0.05) is 6.54 Å². The van der Waals surface area contributed by atoms with Gasteiger partial charge < -0.3 is 4.84 Å². The molecule has 0 aliphatic heterocycles. The summed E-state index contributed by atoms with van der Waals surface area (Å²) in [5.74, 6) is 0. The molecule has 1 radical (unpaired) electrons. The minimum absolute atomic E-state index is 1.57. The van der Waals surface area contributed by atoms with E-state index in [9.17, 15) is 0 Å². The van der Waals surface area contributed by atoms with E-state index in [1.807, 2.05) is 6.92 Å². The number of hydroxylamine groups is 1. The molecule has 31 valence electrons. The summed E-state index contributed by atoms with van der Waals surface area (Å²) in [7, 11) is 1.57. The van der Waals surface area contributed by atoms with Crippen molar-refractivity contribution < 1.29 is 4.84 Å². The maximum atomic E-state index is 4.39. The van der Waals surface area contributed by atoms with Gasteiger partial charge in [-0.2, -0.15) is 5.48 Å². The van der Waals surface area contributed by atoms with Gasteiger partial charge in [-0.1, -0.05) is 0 Å². The molecule has 0 aliphatic carbocycles. The van der Waals surface area contributed by atoms with Crippen molar-refractivity contribution in [1.29, 1.82) is 0 Å². The van der Waals surface area contributed by atoms with Gasteiger partial charge in [0.05, 0.1) is 7.11 Å². The predicted molar refractivity (Wildman–Crippen MR) is 20.1 cm³/mol. The minimum atomic E-state index is 1.57. The molecule has 0 atom stereocenters. The van der Waals surface area contributed by atoms with E-state index in [4.69, 9.17) is 0 Å². The zero-order valence-electron chi connectivity index (χ0n) is 3.49. The quantitative estimate of drug-likeness (QED) is 0.476. The molecule has 1 N–H and O–H groups in total. The number of hydrogen-bond donors (Lipinski definition) is 1. The highest BCUT2D eigenvalue weighted by atomic mass is 16.6.